The molecule has 7 heteroatoms. The fourth-order valence-corrected chi connectivity index (χ4v) is 3.00. The summed E-state index contributed by atoms with van der Waals surface area (Å²) in [6.07, 6.45) is 3.39. The molecule has 3 heterocycles. The van der Waals surface area contributed by atoms with Gasteiger partial charge in [0.1, 0.15) is 17.1 Å². The van der Waals surface area contributed by atoms with Crippen LogP contribution in [0.3, 0.4) is 0 Å². The summed E-state index contributed by atoms with van der Waals surface area (Å²) in [5.74, 6) is 1.05. The van der Waals surface area contributed by atoms with Gasteiger partial charge in [0, 0.05) is 19.3 Å². The van der Waals surface area contributed by atoms with E-state index in [2.05, 4.69) is 10.1 Å². The SMILES string of the molecule is Cc1noc(C)c1C(=O)N1CCOC(CCc2ccnc(N)c2)C1. The van der Waals surface area contributed by atoms with Gasteiger partial charge in [-0.2, -0.15) is 0 Å². The lowest BCUT2D eigenvalue weighted by Crippen LogP contribution is -2.46. The van der Waals surface area contributed by atoms with Crippen LogP contribution in [0.25, 0.3) is 0 Å². The van der Waals surface area contributed by atoms with Crippen molar-refractivity contribution in [1.29, 1.82) is 0 Å². The van der Waals surface area contributed by atoms with Crippen LogP contribution in [0, 0.1) is 13.8 Å². The van der Waals surface area contributed by atoms with Crippen molar-refractivity contribution in [2.45, 2.75) is 32.8 Å². The van der Waals surface area contributed by atoms with Gasteiger partial charge in [0.25, 0.3) is 5.91 Å². The maximum absolute atomic E-state index is 12.7. The Morgan fingerprint density at radius 2 is 2.29 bits per heavy atom. The molecule has 2 N–H and O–H groups in total. The second kappa shape index (κ2) is 7.00. The van der Waals surface area contributed by atoms with E-state index in [1.165, 1.54) is 0 Å². The fourth-order valence-electron chi connectivity index (χ4n) is 3.00. The third kappa shape index (κ3) is 3.56. The standard InChI is InChI=1S/C17H22N4O3/c1-11-16(12(2)24-20-11)17(22)21-7-8-23-14(10-21)4-3-13-5-6-19-15(18)9-13/h5-6,9,14H,3-4,7-8,10H2,1-2H3,(H2,18,19). The van der Waals surface area contributed by atoms with E-state index in [1.807, 2.05) is 17.0 Å². The number of aromatic nitrogens is 2. The predicted octanol–water partition coefficient (Wildman–Crippen LogP) is 1.74. The van der Waals surface area contributed by atoms with Crippen LogP contribution in [0.2, 0.25) is 0 Å². The number of rotatable bonds is 4. The van der Waals surface area contributed by atoms with E-state index in [0.29, 0.717) is 42.5 Å². The molecule has 0 spiro atoms. The number of hydrogen-bond donors (Lipinski definition) is 1. The molecule has 24 heavy (non-hydrogen) atoms. The van der Waals surface area contributed by atoms with Crippen LogP contribution >= 0.6 is 0 Å². The first-order valence-corrected chi connectivity index (χ1v) is 8.08. The van der Waals surface area contributed by atoms with Gasteiger partial charge in [-0.15, -0.1) is 0 Å². The minimum Gasteiger partial charge on any atom is -0.384 e. The average Bonchev–Trinajstić information content (AvgIpc) is 2.91. The first-order valence-electron chi connectivity index (χ1n) is 8.08. The topological polar surface area (TPSA) is 94.5 Å². The third-order valence-electron chi connectivity index (χ3n) is 4.27. The number of morpholine rings is 1. The molecule has 1 fully saturated rings. The van der Waals surface area contributed by atoms with Crippen molar-refractivity contribution in [2.75, 3.05) is 25.4 Å². The minimum atomic E-state index is -0.0345. The zero-order chi connectivity index (χ0) is 17.1. The first kappa shape index (κ1) is 16.4. The number of hydrogen-bond acceptors (Lipinski definition) is 6. The van der Waals surface area contributed by atoms with Crippen LogP contribution in [0.1, 0.15) is 33.8 Å². The van der Waals surface area contributed by atoms with E-state index >= 15 is 0 Å². The predicted molar refractivity (Wildman–Crippen MR) is 88.6 cm³/mol. The Morgan fingerprint density at radius 1 is 1.46 bits per heavy atom. The van der Waals surface area contributed by atoms with Crippen LogP contribution in [-0.4, -0.2) is 46.7 Å². The lowest BCUT2D eigenvalue weighted by Gasteiger charge is -2.33. The number of anilines is 1. The molecule has 128 valence electrons. The van der Waals surface area contributed by atoms with E-state index in [0.717, 1.165) is 18.4 Å². The molecule has 0 bridgehead atoms. The highest BCUT2D eigenvalue weighted by Crippen LogP contribution is 2.19. The minimum absolute atomic E-state index is 0.0116. The summed E-state index contributed by atoms with van der Waals surface area (Å²) >= 11 is 0. The van der Waals surface area contributed by atoms with Crippen molar-refractivity contribution in [3.05, 3.63) is 40.9 Å². The lowest BCUT2D eigenvalue weighted by molar-refractivity contribution is -0.0246. The Hall–Kier alpha value is -2.41. The van der Waals surface area contributed by atoms with E-state index in [1.54, 1.807) is 20.0 Å². The molecule has 1 saturated heterocycles. The van der Waals surface area contributed by atoms with Gasteiger partial charge in [0.15, 0.2) is 0 Å². The highest BCUT2D eigenvalue weighted by atomic mass is 16.5. The molecule has 1 amide bonds. The van der Waals surface area contributed by atoms with Crippen molar-refractivity contribution < 1.29 is 14.1 Å². The normalized spacial score (nSPS) is 17.9. The summed E-state index contributed by atoms with van der Waals surface area (Å²) in [7, 11) is 0. The maximum Gasteiger partial charge on any atom is 0.259 e. The number of aryl methyl sites for hydroxylation is 3. The van der Waals surface area contributed by atoms with Gasteiger partial charge in [-0.3, -0.25) is 4.79 Å². The van der Waals surface area contributed by atoms with E-state index in [9.17, 15) is 4.79 Å². The molecule has 0 aromatic carbocycles. The lowest BCUT2D eigenvalue weighted by atomic mass is 10.1. The Labute approximate surface area is 140 Å². The molecule has 0 radical (unpaired) electrons. The zero-order valence-electron chi connectivity index (χ0n) is 14.0. The van der Waals surface area contributed by atoms with Crippen LogP contribution in [-0.2, 0) is 11.2 Å². The molecule has 7 nitrogen and oxygen atoms in total. The monoisotopic (exact) mass is 330 g/mol. The molecule has 1 unspecified atom stereocenters. The van der Waals surface area contributed by atoms with Crippen LogP contribution in [0.4, 0.5) is 5.82 Å². The summed E-state index contributed by atoms with van der Waals surface area (Å²) < 4.78 is 10.9. The van der Waals surface area contributed by atoms with Gasteiger partial charge >= 0.3 is 0 Å². The van der Waals surface area contributed by atoms with Gasteiger partial charge in [-0.05, 0) is 44.4 Å². The molecule has 1 aliphatic heterocycles. The number of ether oxygens (including phenoxy) is 1. The molecule has 0 saturated carbocycles. The second-order valence-electron chi connectivity index (χ2n) is 6.07. The largest absolute Gasteiger partial charge is 0.384 e. The number of nitrogens with zero attached hydrogens (tertiary/aromatic N) is 3. The van der Waals surface area contributed by atoms with Crippen molar-refractivity contribution in [2.24, 2.45) is 0 Å². The van der Waals surface area contributed by atoms with E-state index in [4.69, 9.17) is 15.0 Å². The maximum atomic E-state index is 12.7. The highest BCUT2D eigenvalue weighted by Gasteiger charge is 2.28. The van der Waals surface area contributed by atoms with Crippen LogP contribution < -0.4 is 5.73 Å². The smallest absolute Gasteiger partial charge is 0.259 e. The number of carbonyl (C=O) groups is 1. The Kier molecular flexibility index (Phi) is 4.80. The van der Waals surface area contributed by atoms with E-state index in [-0.39, 0.29) is 12.0 Å². The number of pyridine rings is 1. The molecular formula is C17H22N4O3. The van der Waals surface area contributed by atoms with Gasteiger partial charge < -0.3 is 19.9 Å². The van der Waals surface area contributed by atoms with Gasteiger partial charge in [0.2, 0.25) is 0 Å². The summed E-state index contributed by atoms with van der Waals surface area (Å²) in [5.41, 5.74) is 8.03. The van der Waals surface area contributed by atoms with Gasteiger partial charge in [-0.1, -0.05) is 5.16 Å². The third-order valence-corrected chi connectivity index (χ3v) is 4.27. The summed E-state index contributed by atoms with van der Waals surface area (Å²) in [5, 5.41) is 3.86. The first-order chi connectivity index (χ1) is 11.5. The van der Waals surface area contributed by atoms with E-state index < -0.39 is 0 Å². The molecular weight excluding hydrogens is 308 g/mol. The Bertz CT molecular complexity index is 709. The second-order valence-corrected chi connectivity index (χ2v) is 6.07. The van der Waals surface area contributed by atoms with Gasteiger partial charge in [0.05, 0.1) is 18.4 Å². The number of amides is 1. The summed E-state index contributed by atoms with van der Waals surface area (Å²) in [6.45, 7) is 5.25. The van der Waals surface area contributed by atoms with Crippen molar-refractivity contribution >= 4 is 11.7 Å². The van der Waals surface area contributed by atoms with Gasteiger partial charge in [-0.25, -0.2) is 4.98 Å². The number of nitrogens with two attached hydrogens (primary N) is 1. The van der Waals surface area contributed by atoms with Crippen LogP contribution in [0.15, 0.2) is 22.9 Å². The average molecular weight is 330 g/mol. The Balaban J connectivity index is 1.61. The Morgan fingerprint density at radius 3 is 3.00 bits per heavy atom. The highest BCUT2D eigenvalue weighted by molar-refractivity contribution is 5.96. The molecule has 0 aliphatic carbocycles. The zero-order valence-corrected chi connectivity index (χ0v) is 14.0. The molecule has 1 aliphatic rings. The van der Waals surface area contributed by atoms with Crippen molar-refractivity contribution in [3.63, 3.8) is 0 Å². The molecule has 2 aromatic heterocycles. The van der Waals surface area contributed by atoms with Crippen molar-refractivity contribution in [1.82, 2.24) is 15.0 Å². The number of nitrogen functional groups attached to an aromatic ring is 1. The summed E-state index contributed by atoms with van der Waals surface area (Å²) in [6, 6.07) is 3.82. The van der Waals surface area contributed by atoms with Crippen molar-refractivity contribution in [3.8, 4) is 0 Å². The summed E-state index contributed by atoms with van der Waals surface area (Å²) in [4.78, 5) is 18.5. The molecule has 2 aromatic rings. The number of carbonyl (C=O) groups excluding carboxylic acids is 1. The van der Waals surface area contributed by atoms with Crippen LogP contribution in [0.5, 0.6) is 0 Å². The molecule has 3 rings (SSSR count). The quantitative estimate of drug-likeness (QED) is 0.917. The fraction of sp³-hybridized carbons (Fsp3) is 0.471. The molecule has 1 atom stereocenters.